The number of carbonyl (C=O) groups is 2. The summed E-state index contributed by atoms with van der Waals surface area (Å²) >= 11 is 0. The number of nitrogens with one attached hydrogen (secondary N) is 2. The Bertz CT molecular complexity index is 1080. The molecule has 1 aromatic carbocycles. The van der Waals surface area contributed by atoms with Crippen LogP contribution in [0.5, 0.6) is 0 Å². The Morgan fingerprint density at radius 1 is 1.25 bits per heavy atom. The second-order valence-electron chi connectivity index (χ2n) is 6.33. The topological polar surface area (TPSA) is 127 Å². The van der Waals surface area contributed by atoms with E-state index in [9.17, 15) is 14.7 Å². The normalized spacial score (nSPS) is 11.8. The highest BCUT2D eigenvalue weighted by Gasteiger charge is 2.28. The summed E-state index contributed by atoms with van der Waals surface area (Å²) in [5, 5.41) is 19.3. The fourth-order valence-electron chi connectivity index (χ4n) is 3.45. The molecule has 0 fully saturated rings. The van der Waals surface area contributed by atoms with E-state index in [1.807, 2.05) is 26.0 Å². The number of amides is 2. The average Bonchev–Trinajstić information content (AvgIpc) is 3.26. The monoisotopic (exact) mass is 381 g/mol. The third-order valence-electron chi connectivity index (χ3n) is 4.63. The summed E-state index contributed by atoms with van der Waals surface area (Å²) in [5.41, 5.74) is 3.61. The van der Waals surface area contributed by atoms with Gasteiger partial charge in [-0.15, -0.1) is 0 Å². The lowest BCUT2D eigenvalue weighted by molar-refractivity contribution is 0.0689. The second kappa shape index (κ2) is 6.80. The van der Waals surface area contributed by atoms with Crippen LogP contribution in [0, 0.1) is 0 Å². The van der Waals surface area contributed by atoms with Crippen LogP contribution in [0.15, 0.2) is 24.8 Å². The van der Waals surface area contributed by atoms with Crippen molar-refractivity contribution in [2.45, 2.75) is 26.8 Å². The lowest BCUT2D eigenvalue weighted by Crippen LogP contribution is -2.28. The number of carboxylic acid groups (broad SMARTS) is 1. The molecule has 0 spiro atoms. The van der Waals surface area contributed by atoms with Crippen LogP contribution in [0.2, 0.25) is 0 Å². The maximum atomic E-state index is 12.0. The Morgan fingerprint density at radius 2 is 2.07 bits per heavy atom. The van der Waals surface area contributed by atoms with Gasteiger partial charge in [-0.25, -0.2) is 24.2 Å². The van der Waals surface area contributed by atoms with Gasteiger partial charge in [-0.3, -0.25) is 4.57 Å². The van der Waals surface area contributed by atoms with Crippen LogP contribution in [0.25, 0.3) is 17.1 Å². The standard InChI is InChI=1S/C18H19N7O3/c1-3-10-5-11(23-18(28)19-4-2)6-12-15(10)24-9-21-14(17(26)27)13(24)7-25-16(12)20-8-22-25/h5-6,8-9H,3-4,7H2,1-2H3,(H,26,27)(H2,19,23,28). The molecule has 4 rings (SSSR count). The Labute approximate surface area is 160 Å². The van der Waals surface area contributed by atoms with Crippen LogP contribution in [0.4, 0.5) is 10.5 Å². The van der Waals surface area contributed by atoms with E-state index in [0.29, 0.717) is 30.2 Å². The molecule has 0 saturated carbocycles. The van der Waals surface area contributed by atoms with E-state index in [-0.39, 0.29) is 18.3 Å². The number of aryl methyl sites for hydroxylation is 1. The molecule has 2 aromatic heterocycles. The molecule has 0 unspecified atom stereocenters. The highest BCUT2D eigenvalue weighted by Crippen LogP contribution is 2.36. The number of rotatable bonds is 4. The predicted molar refractivity (Wildman–Crippen MR) is 101 cm³/mol. The van der Waals surface area contributed by atoms with Crippen molar-refractivity contribution in [1.29, 1.82) is 0 Å². The molecule has 0 aliphatic carbocycles. The number of aromatic carboxylic acids is 1. The molecule has 28 heavy (non-hydrogen) atoms. The van der Waals surface area contributed by atoms with Gasteiger partial charge in [-0.1, -0.05) is 6.92 Å². The number of aromatic nitrogens is 5. The number of carboxylic acids is 1. The lowest BCUT2D eigenvalue weighted by atomic mass is 10.0. The Balaban J connectivity index is 1.96. The molecule has 3 N–H and O–H groups in total. The van der Waals surface area contributed by atoms with Crippen LogP contribution in [-0.2, 0) is 13.0 Å². The quantitative estimate of drug-likeness (QED) is 0.495. The average molecular weight is 381 g/mol. The molecule has 1 aliphatic heterocycles. The van der Waals surface area contributed by atoms with Gasteiger partial charge >= 0.3 is 12.0 Å². The van der Waals surface area contributed by atoms with Crippen molar-refractivity contribution in [2.75, 3.05) is 11.9 Å². The molecule has 10 heteroatoms. The van der Waals surface area contributed by atoms with Crippen molar-refractivity contribution in [2.24, 2.45) is 0 Å². The number of nitrogens with zero attached hydrogens (tertiary/aromatic N) is 5. The molecule has 0 atom stereocenters. The summed E-state index contributed by atoms with van der Waals surface area (Å²) < 4.78 is 3.42. The summed E-state index contributed by atoms with van der Waals surface area (Å²) in [7, 11) is 0. The number of fused-ring (bicyclic) bond motifs is 5. The highest BCUT2D eigenvalue weighted by atomic mass is 16.4. The van der Waals surface area contributed by atoms with Gasteiger partial charge in [-0.05, 0) is 31.0 Å². The van der Waals surface area contributed by atoms with Crippen molar-refractivity contribution in [3.63, 3.8) is 0 Å². The van der Waals surface area contributed by atoms with Crippen molar-refractivity contribution in [1.82, 2.24) is 29.6 Å². The highest BCUT2D eigenvalue weighted by molar-refractivity contribution is 5.92. The van der Waals surface area contributed by atoms with Gasteiger partial charge in [0.2, 0.25) is 0 Å². The van der Waals surface area contributed by atoms with Gasteiger partial charge in [0.1, 0.15) is 12.7 Å². The summed E-state index contributed by atoms with van der Waals surface area (Å²) in [4.78, 5) is 32.1. The molecule has 2 amide bonds. The number of benzene rings is 1. The van der Waals surface area contributed by atoms with Gasteiger partial charge < -0.3 is 15.7 Å². The first kappa shape index (κ1) is 17.7. The van der Waals surface area contributed by atoms with E-state index >= 15 is 0 Å². The van der Waals surface area contributed by atoms with E-state index in [1.165, 1.54) is 12.7 Å². The molecule has 0 radical (unpaired) electrons. The zero-order valence-corrected chi connectivity index (χ0v) is 15.4. The van der Waals surface area contributed by atoms with Crippen LogP contribution < -0.4 is 10.6 Å². The summed E-state index contributed by atoms with van der Waals surface area (Å²) in [6.07, 6.45) is 3.61. The second-order valence-corrected chi connectivity index (χ2v) is 6.33. The number of imidazole rings is 1. The molecule has 3 aromatic rings. The number of urea groups is 1. The van der Waals surface area contributed by atoms with E-state index in [1.54, 1.807) is 9.25 Å². The van der Waals surface area contributed by atoms with Crippen molar-refractivity contribution in [3.05, 3.63) is 41.7 Å². The van der Waals surface area contributed by atoms with Crippen LogP contribution in [-0.4, -0.2) is 48.0 Å². The predicted octanol–water partition coefficient (Wildman–Crippen LogP) is 1.89. The maximum absolute atomic E-state index is 12.0. The zero-order valence-electron chi connectivity index (χ0n) is 15.4. The Morgan fingerprint density at radius 3 is 2.79 bits per heavy atom. The summed E-state index contributed by atoms with van der Waals surface area (Å²) in [5.74, 6) is -0.490. The molecule has 3 heterocycles. The first-order valence-electron chi connectivity index (χ1n) is 8.93. The van der Waals surface area contributed by atoms with Gasteiger partial charge in [0.15, 0.2) is 11.5 Å². The largest absolute Gasteiger partial charge is 0.476 e. The minimum atomic E-state index is -1.09. The molecule has 0 bridgehead atoms. The molecule has 1 aliphatic rings. The molecular formula is C18H19N7O3. The first-order chi connectivity index (χ1) is 13.5. The van der Waals surface area contributed by atoms with Gasteiger partial charge in [0.05, 0.1) is 17.9 Å². The smallest absolute Gasteiger partial charge is 0.356 e. The van der Waals surface area contributed by atoms with Crippen LogP contribution >= 0.6 is 0 Å². The van der Waals surface area contributed by atoms with Crippen molar-refractivity contribution >= 4 is 17.7 Å². The summed E-state index contributed by atoms with van der Waals surface area (Å²) in [6.45, 7) is 4.59. The van der Waals surface area contributed by atoms with E-state index in [2.05, 4.69) is 25.7 Å². The van der Waals surface area contributed by atoms with Gasteiger partial charge in [0, 0.05) is 17.8 Å². The van der Waals surface area contributed by atoms with Gasteiger partial charge in [-0.2, -0.15) is 5.10 Å². The van der Waals surface area contributed by atoms with Crippen molar-refractivity contribution in [3.8, 4) is 17.1 Å². The third-order valence-corrected chi connectivity index (χ3v) is 4.63. The fraction of sp³-hybridized carbons (Fsp3) is 0.278. The Kier molecular flexibility index (Phi) is 4.30. The summed E-state index contributed by atoms with van der Waals surface area (Å²) in [6, 6.07) is 3.40. The first-order valence-corrected chi connectivity index (χ1v) is 8.93. The lowest BCUT2D eigenvalue weighted by Gasteiger charge is -2.16. The number of hydrogen-bond acceptors (Lipinski definition) is 5. The number of carbonyl (C=O) groups excluding carboxylic acids is 1. The van der Waals surface area contributed by atoms with E-state index in [4.69, 9.17) is 0 Å². The fourth-order valence-corrected chi connectivity index (χ4v) is 3.45. The van der Waals surface area contributed by atoms with Crippen LogP contribution in [0.3, 0.4) is 0 Å². The van der Waals surface area contributed by atoms with Crippen LogP contribution in [0.1, 0.15) is 35.6 Å². The molecule has 10 nitrogen and oxygen atoms in total. The SMILES string of the molecule is CCNC(=O)Nc1cc(CC)c2c(c1)-c1ncnn1Cc1c(C(=O)O)ncn1-2. The zero-order chi connectivity index (χ0) is 19.8. The van der Waals surface area contributed by atoms with E-state index < -0.39 is 5.97 Å². The third kappa shape index (κ3) is 2.79. The minimum Gasteiger partial charge on any atom is -0.476 e. The minimum absolute atomic E-state index is 0.0131. The molecule has 0 saturated heterocycles. The number of hydrogen-bond donors (Lipinski definition) is 3. The van der Waals surface area contributed by atoms with Crippen molar-refractivity contribution < 1.29 is 14.7 Å². The van der Waals surface area contributed by atoms with E-state index in [0.717, 1.165) is 16.8 Å². The molecule has 144 valence electrons. The Hall–Kier alpha value is -3.69. The molecular weight excluding hydrogens is 362 g/mol. The maximum Gasteiger partial charge on any atom is 0.356 e. The van der Waals surface area contributed by atoms with Gasteiger partial charge in [0.25, 0.3) is 0 Å². The number of anilines is 1.